The van der Waals surface area contributed by atoms with Crippen molar-refractivity contribution in [2.75, 3.05) is 26.3 Å². The Kier molecular flexibility index (Phi) is 12.3. The zero-order chi connectivity index (χ0) is 23.3. The predicted molar refractivity (Wildman–Crippen MR) is 96.5 cm³/mol. The number of hydrogen-bond donors (Lipinski definition) is 9. The summed E-state index contributed by atoms with van der Waals surface area (Å²) in [4.78, 5) is 68.0. The molecule has 15 nitrogen and oxygen atoms in total. The second-order valence-electron chi connectivity index (χ2n) is 5.92. The standard InChI is InChI=1S/C15H25N5O10/c16-7(1-2-12(25)26)13(27)17-3-10(23)19-8(5-21)14(28)18-4-11(24)20-9(6-22)15(29)30/h7-9,21-22H,1-6,16H2,(H,17,27)(H,18,28)(H,19,23)(H,20,24)(H,25,26)(H,29,30)/t7-,8-,9-/m0/s1. The van der Waals surface area contributed by atoms with Crippen molar-refractivity contribution in [2.24, 2.45) is 5.73 Å². The number of aliphatic carboxylic acids is 2. The van der Waals surface area contributed by atoms with Crippen molar-refractivity contribution in [1.82, 2.24) is 21.3 Å². The predicted octanol–water partition coefficient (Wildman–Crippen LogP) is -5.55. The molecule has 0 aliphatic carbocycles. The second-order valence-corrected chi connectivity index (χ2v) is 5.92. The number of carbonyl (C=O) groups excluding carboxylic acids is 4. The summed E-state index contributed by atoms with van der Waals surface area (Å²) in [6, 6.07) is -4.19. The van der Waals surface area contributed by atoms with Crippen LogP contribution >= 0.6 is 0 Å². The maximum Gasteiger partial charge on any atom is 0.328 e. The number of carboxylic acids is 2. The highest BCUT2D eigenvalue weighted by atomic mass is 16.4. The lowest BCUT2D eigenvalue weighted by molar-refractivity contribution is -0.143. The minimum atomic E-state index is -1.56. The number of aliphatic hydroxyl groups excluding tert-OH is 2. The molecule has 0 bridgehead atoms. The monoisotopic (exact) mass is 435 g/mol. The molecule has 3 atom stereocenters. The topological polar surface area (TPSA) is 257 Å². The molecule has 10 N–H and O–H groups in total. The van der Waals surface area contributed by atoms with Gasteiger partial charge in [-0.15, -0.1) is 0 Å². The molecular formula is C15H25N5O10. The number of carbonyl (C=O) groups is 6. The molecule has 0 fully saturated rings. The Hall–Kier alpha value is -3.30. The molecule has 0 aliphatic heterocycles. The number of nitrogens with two attached hydrogens (primary N) is 1. The summed E-state index contributed by atoms with van der Waals surface area (Å²) in [5, 5.41) is 43.4. The molecule has 30 heavy (non-hydrogen) atoms. The van der Waals surface area contributed by atoms with Crippen LogP contribution in [0.3, 0.4) is 0 Å². The van der Waals surface area contributed by atoms with Gasteiger partial charge in [0.2, 0.25) is 23.6 Å². The maximum atomic E-state index is 11.9. The third kappa shape index (κ3) is 10.9. The first kappa shape index (κ1) is 26.7. The van der Waals surface area contributed by atoms with Gasteiger partial charge >= 0.3 is 11.9 Å². The molecule has 0 aliphatic rings. The van der Waals surface area contributed by atoms with Crippen LogP contribution in [0.5, 0.6) is 0 Å². The summed E-state index contributed by atoms with van der Waals surface area (Å²) in [6.45, 7) is -3.01. The number of nitrogens with one attached hydrogen (secondary N) is 4. The molecule has 170 valence electrons. The normalized spacial score (nSPS) is 13.3. The largest absolute Gasteiger partial charge is 0.481 e. The van der Waals surface area contributed by atoms with Gasteiger partial charge in [0.25, 0.3) is 0 Å². The summed E-state index contributed by atoms with van der Waals surface area (Å²) < 4.78 is 0. The average molecular weight is 435 g/mol. The van der Waals surface area contributed by atoms with E-state index in [1.807, 2.05) is 5.32 Å². The first-order valence-electron chi connectivity index (χ1n) is 8.57. The molecule has 0 aromatic carbocycles. The van der Waals surface area contributed by atoms with E-state index in [2.05, 4.69) is 16.0 Å². The second kappa shape index (κ2) is 13.8. The van der Waals surface area contributed by atoms with Crippen LogP contribution in [0, 0.1) is 0 Å². The highest BCUT2D eigenvalue weighted by Crippen LogP contribution is 1.94. The number of carboxylic acid groups (broad SMARTS) is 2. The van der Waals surface area contributed by atoms with Crippen LogP contribution in [0.25, 0.3) is 0 Å². The fourth-order valence-electron chi connectivity index (χ4n) is 1.87. The number of aliphatic hydroxyl groups is 2. The molecule has 15 heteroatoms. The highest BCUT2D eigenvalue weighted by Gasteiger charge is 2.23. The summed E-state index contributed by atoms with van der Waals surface area (Å²) in [5.74, 6) is -6.20. The third-order valence-corrected chi connectivity index (χ3v) is 3.50. The third-order valence-electron chi connectivity index (χ3n) is 3.50. The molecule has 0 aromatic heterocycles. The van der Waals surface area contributed by atoms with E-state index in [9.17, 15) is 33.9 Å². The van der Waals surface area contributed by atoms with Crippen LogP contribution in [-0.4, -0.2) is 100 Å². The average Bonchev–Trinajstić information content (AvgIpc) is 2.69. The van der Waals surface area contributed by atoms with Crippen LogP contribution in [0.1, 0.15) is 12.8 Å². The van der Waals surface area contributed by atoms with Crippen molar-refractivity contribution in [2.45, 2.75) is 31.0 Å². The lowest BCUT2D eigenvalue weighted by atomic mass is 10.1. The van der Waals surface area contributed by atoms with Crippen molar-refractivity contribution in [1.29, 1.82) is 0 Å². The van der Waals surface area contributed by atoms with Crippen molar-refractivity contribution in [3.05, 3.63) is 0 Å². The van der Waals surface area contributed by atoms with Crippen LogP contribution in [-0.2, 0) is 28.8 Å². The van der Waals surface area contributed by atoms with Gasteiger partial charge in [-0.3, -0.25) is 24.0 Å². The maximum absolute atomic E-state index is 11.9. The van der Waals surface area contributed by atoms with Gasteiger partial charge in [0.1, 0.15) is 12.1 Å². The molecule has 0 saturated carbocycles. The zero-order valence-electron chi connectivity index (χ0n) is 15.8. The van der Waals surface area contributed by atoms with Crippen molar-refractivity contribution >= 4 is 35.6 Å². The van der Waals surface area contributed by atoms with Gasteiger partial charge in [-0.25, -0.2) is 4.79 Å². The molecular weight excluding hydrogens is 410 g/mol. The number of amides is 4. The smallest absolute Gasteiger partial charge is 0.328 e. The van der Waals surface area contributed by atoms with Crippen LogP contribution in [0.2, 0.25) is 0 Å². The number of rotatable bonds is 14. The molecule has 0 heterocycles. The summed E-state index contributed by atoms with van der Waals surface area (Å²) in [7, 11) is 0. The first-order chi connectivity index (χ1) is 14.0. The first-order valence-corrected chi connectivity index (χ1v) is 8.57. The molecule has 0 unspecified atom stereocenters. The van der Waals surface area contributed by atoms with E-state index in [1.54, 1.807) is 0 Å². The van der Waals surface area contributed by atoms with E-state index in [-0.39, 0.29) is 12.8 Å². The van der Waals surface area contributed by atoms with Gasteiger partial charge < -0.3 is 47.4 Å². The van der Waals surface area contributed by atoms with E-state index in [4.69, 9.17) is 21.1 Å². The van der Waals surface area contributed by atoms with Crippen LogP contribution < -0.4 is 27.0 Å². The Morgan fingerprint density at radius 2 is 1.23 bits per heavy atom. The van der Waals surface area contributed by atoms with Gasteiger partial charge in [0.15, 0.2) is 0 Å². The minimum absolute atomic E-state index is 0.147. The Labute approximate surface area is 170 Å². The minimum Gasteiger partial charge on any atom is -0.481 e. The van der Waals surface area contributed by atoms with E-state index >= 15 is 0 Å². The molecule has 0 saturated heterocycles. The summed E-state index contributed by atoms with van der Waals surface area (Å²) >= 11 is 0. The van der Waals surface area contributed by atoms with E-state index in [0.717, 1.165) is 0 Å². The van der Waals surface area contributed by atoms with E-state index in [0.29, 0.717) is 0 Å². The Bertz CT molecular complexity index is 656. The fraction of sp³-hybridized carbons (Fsp3) is 0.600. The molecule has 0 spiro atoms. The van der Waals surface area contributed by atoms with Gasteiger partial charge in [0.05, 0.1) is 32.3 Å². The molecule has 0 rings (SSSR count). The fourth-order valence-corrected chi connectivity index (χ4v) is 1.87. The van der Waals surface area contributed by atoms with Crippen LogP contribution in [0.4, 0.5) is 0 Å². The Morgan fingerprint density at radius 1 is 0.767 bits per heavy atom. The molecule has 4 amide bonds. The zero-order valence-corrected chi connectivity index (χ0v) is 15.8. The summed E-state index contributed by atoms with van der Waals surface area (Å²) in [5.41, 5.74) is 5.46. The quantitative estimate of drug-likeness (QED) is 0.124. The molecule has 0 radical (unpaired) electrons. The van der Waals surface area contributed by atoms with Gasteiger partial charge in [-0.2, -0.15) is 0 Å². The van der Waals surface area contributed by atoms with Crippen molar-refractivity contribution < 1.29 is 49.2 Å². The SMILES string of the molecule is N[C@@H](CCC(=O)O)C(=O)NCC(=O)N[C@@H](CO)C(=O)NCC(=O)N[C@@H](CO)C(=O)O. The summed E-state index contributed by atoms with van der Waals surface area (Å²) in [6.07, 6.45) is -0.488. The van der Waals surface area contributed by atoms with E-state index < -0.39 is 80.0 Å². The van der Waals surface area contributed by atoms with Crippen molar-refractivity contribution in [3.8, 4) is 0 Å². The van der Waals surface area contributed by atoms with Crippen LogP contribution in [0.15, 0.2) is 0 Å². The highest BCUT2D eigenvalue weighted by molar-refractivity contribution is 5.93. The molecule has 0 aromatic rings. The van der Waals surface area contributed by atoms with Gasteiger partial charge in [-0.1, -0.05) is 0 Å². The van der Waals surface area contributed by atoms with Gasteiger partial charge in [0, 0.05) is 6.42 Å². The lowest BCUT2D eigenvalue weighted by Crippen LogP contribution is -2.54. The Balaban J connectivity index is 4.42. The lowest BCUT2D eigenvalue weighted by Gasteiger charge is -2.17. The number of hydrogen-bond acceptors (Lipinski definition) is 9. The van der Waals surface area contributed by atoms with Gasteiger partial charge in [-0.05, 0) is 6.42 Å². The van der Waals surface area contributed by atoms with Crippen molar-refractivity contribution in [3.63, 3.8) is 0 Å². The Morgan fingerprint density at radius 3 is 1.67 bits per heavy atom. The van der Waals surface area contributed by atoms with E-state index in [1.165, 1.54) is 0 Å².